The Balaban J connectivity index is 2.09. The molecule has 2 rings (SSSR count). The van der Waals surface area contributed by atoms with Gasteiger partial charge in [-0.25, -0.2) is 0 Å². The van der Waals surface area contributed by atoms with Crippen LogP contribution in [-0.4, -0.2) is 42.0 Å². The molecule has 0 aromatic rings. The van der Waals surface area contributed by atoms with Crippen molar-refractivity contribution in [3.63, 3.8) is 0 Å². The highest BCUT2D eigenvalue weighted by Crippen LogP contribution is 2.31. The maximum atomic E-state index is 12.3. The summed E-state index contributed by atoms with van der Waals surface area (Å²) in [6.07, 6.45) is 5.50. The summed E-state index contributed by atoms with van der Waals surface area (Å²) >= 11 is 6.10. The van der Waals surface area contributed by atoms with Crippen LogP contribution in [0.25, 0.3) is 0 Å². The normalized spacial score (nSPS) is 31.5. The largest absolute Gasteiger partial charge is 0.379 e. The number of fused-ring (bicyclic) bond motifs is 1. The third-order valence-corrected chi connectivity index (χ3v) is 4.48. The van der Waals surface area contributed by atoms with E-state index in [-0.39, 0.29) is 11.3 Å². The van der Waals surface area contributed by atoms with Crippen LogP contribution < -0.4 is 0 Å². The molecule has 0 unspecified atom stereocenters. The molecule has 98 valence electrons. The van der Waals surface area contributed by atoms with Crippen molar-refractivity contribution in [1.29, 1.82) is 0 Å². The molecule has 1 saturated carbocycles. The van der Waals surface area contributed by atoms with Crippen LogP contribution in [0, 0.1) is 5.92 Å². The Hall–Kier alpha value is -0.280. The van der Waals surface area contributed by atoms with Crippen molar-refractivity contribution < 1.29 is 9.53 Å². The molecule has 3 nitrogen and oxygen atoms in total. The van der Waals surface area contributed by atoms with Crippen molar-refractivity contribution in [2.24, 2.45) is 5.92 Å². The Morgan fingerprint density at radius 1 is 1.47 bits per heavy atom. The van der Waals surface area contributed by atoms with Crippen molar-refractivity contribution in [3.05, 3.63) is 0 Å². The smallest absolute Gasteiger partial charge is 0.240 e. The first-order valence-corrected chi connectivity index (χ1v) is 7.20. The van der Waals surface area contributed by atoms with E-state index in [1.165, 1.54) is 19.3 Å². The number of halogens is 1. The summed E-state index contributed by atoms with van der Waals surface area (Å²) in [5.41, 5.74) is 0. The minimum atomic E-state index is -0.365. The zero-order chi connectivity index (χ0) is 12.3. The maximum absolute atomic E-state index is 12.3. The van der Waals surface area contributed by atoms with Crippen LogP contribution in [0.3, 0.4) is 0 Å². The standard InChI is InChI=1S/C13H22ClNO2/c1-2-11(14)13(16)15-7-8-17-9-10-5-3-4-6-12(10)15/h10-12H,2-9H2,1H3/t10-,11+,12+/m1/s1. The van der Waals surface area contributed by atoms with Gasteiger partial charge in [-0.3, -0.25) is 4.79 Å². The van der Waals surface area contributed by atoms with Gasteiger partial charge < -0.3 is 9.64 Å². The highest BCUT2D eigenvalue weighted by Gasteiger charge is 2.36. The molecule has 17 heavy (non-hydrogen) atoms. The van der Waals surface area contributed by atoms with Gasteiger partial charge in [0.05, 0.1) is 13.2 Å². The molecule has 0 bridgehead atoms. The number of nitrogens with zero attached hydrogens (tertiary/aromatic N) is 1. The molecule has 2 fully saturated rings. The zero-order valence-electron chi connectivity index (χ0n) is 10.5. The van der Waals surface area contributed by atoms with E-state index in [4.69, 9.17) is 16.3 Å². The maximum Gasteiger partial charge on any atom is 0.240 e. The molecule has 0 radical (unpaired) electrons. The first kappa shape index (κ1) is 13.2. The monoisotopic (exact) mass is 259 g/mol. The molecule has 0 aromatic heterocycles. The van der Waals surface area contributed by atoms with Crippen molar-refractivity contribution in [1.82, 2.24) is 4.90 Å². The van der Waals surface area contributed by atoms with Gasteiger partial charge in [0.1, 0.15) is 5.38 Å². The predicted octanol–water partition coefficient (Wildman–Crippen LogP) is 2.42. The average molecular weight is 260 g/mol. The second-order valence-electron chi connectivity index (χ2n) is 5.09. The number of amides is 1. The van der Waals surface area contributed by atoms with Crippen molar-refractivity contribution in [2.45, 2.75) is 50.4 Å². The molecule has 3 atom stereocenters. The van der Waals surface area contributed by atoms with Gasteiger partial charge in [0.2, 0.25) is 5.91 Å². The highest BCUT2D eigenvalue weighted by atomic mass is 35.5. The molecule has 0 N–H and O–H groups in total. The number of rotatable bonds is 2. The van der Waals surface area contributed by atoms with E-state index >= 15 is 0 Å². The lowest BCUT2D eigenvalue weighted by Gasteiger charge is -2.38. The van der Waals surface area contributed by atoms with Crippen LogP contribution in [0.1, 0.15) is 39.0 Å². The van der Waals surface area contributed by atoms with Crippen LogP contribution in [0.4, 0.5) is 0 Å². The number of carbonyl (C=O) groups excluding carboxylic acids is 1. The van der Waals surface area contributed by atoms with E-state index in [1.54, 1.807) is 0 Å². The summed E-state index contributed by atoms with van der Waals surface area (Å²) in [6, 6.07) is 0.367. The molecule has 4 heteroatoms. The minimum absolute atomic E-state index is 0.108. The predicted molar refractivity (Wildman–Crippen MR) is 68.2 cm³/mol. The van der Waals surface area contributed by atoms with Crippen molar-refractivity contribution in [3.8, 4) is 0 Å². The van der Waals surface area contributed by atoms with E-state index in [1.807, 2.05) is 11.8 Å². The van der Waals surface area contributed by atoms with E-state index in [2.05, 4.69) is 0 Å². The zero-order valence-corrected chi connectivity index (χ0v) is 11.3. The van der Waals surface area contributed by atoms with Gasteiger partial charge in [0, 0.05) is 18.5 Å². The quantitative estimate of drug-likeness (QED) is 0.713. The van der Waals surface area contributed by atoms with Crippen molar-refractivity contribution in [2.75, 3.05) is 19.8 Å². The topological polar surface area (TPSA) is 29.5 Å². The molecular weight excluding hydrogens is 238 g/mol. The molecule has 2 aliphatic rings. The number of hydrogen-bond acceptors (Lipinski definition) is 2. The van der Waals surface area contributed by atoms with Crippen LogP contribution >= 0.6 is 11.6 Å². The third-order valence-electron chi connectivity index (χ3n) is 3.99. The lowest BCUT2D eigenvalue weighted by atomic mass is 9.84. The number of ether oxygens (including phenoxy) is 1. The van der Waals surface area contributed by atoms with Gasteiger partial charge in [-0.05, 0) is 19.3 Å². The molecule has 0 aromatic carbocycles. The van der Waals surface area contributed by atoms with Crippen LogP contribution in [0.2, 0.25) is 0 Å². The Kier molecular flexibility index (Phi) is 4.69. The molecule has 1 amide bonds. The van der Waals surface area contributed by atoms with Gasteiger partial charge in [-0.2, -0.15) is 0 Å². The SMILES string of the molecule is CC[C@H](Cl)C(=O)N1CCOC[C@H]2CCCC[C@@H]21. The molecule has 1 aliphatic heterocycles. The molecular formula is C13H22ClNO2. The summed E-state index contributed by atoms with van der Waals surface area (Å²) < 4.78 is 5.62. The van der Waals surface area contributed by atoms with E-state index in [0.717, 1.165) is 13.0 Å². The third kappa shape index (κ3) is 2.94. The van der Waals surface area contributed by atoms with E-state index in [9.17, 15) is 4.79 Å². The summed E-state index contributed by atoms with van der Waals surface area (Å²) in [7, 11) is 0. The van der Waals surface area contributed by atoms with Gasteiger partial charge in [-0.15, -0.1) is 11.6 Å². The lowest BCUT2D eigenvalue weighted by Crippen LogP contribution is -2.48. The Bertz CT molecular complexity index is 272. The fourth-order valence-corrected chi connectivity index (χ4v) is 3.11. The summed E-state index contributed by atoms with van der Waals surface area (Å²) in [5, 5.41) is -0.365. The van der Waals surface area contributed by atoms with Gasteiger partial charge in [-0.1, -0.05) is 19.8 Å². The summed E-state index contributed by atoms with van der Waals surface area (Å²) in [6.45, 7) is 4.14. The average Bonchev–Trinajstić information content (AvgIpc) is 2.59. The Morgan fingerprint density at radius 2 is 2.24 bits per heavy atom. The van der Waals surface area contributed by atoms with Crippen molar-refractivity contribution >= 4 is 17.5 Å². The van der Waals surface area contributed by atoms with Gasteiger partial charge in [0.25, 0.3) is 0 Å². The Morgan fingerprint density at radius 3 is 3.00 bits per heavy atom. The minimum Gasteiger partial charge on any atom is -0.379 e. The first-order chi connectivity index (χ1) is 8.24. The van der Waals surface area contributed by atoms with Gasteiger partial charge >= 0.3 is 0 Å². The first-order valence-electron chi connectivity index (χ1n) is 6.76. The fraction of sp³-hybridized carbons (Fsp3) is 0.923. The number of alkyl halides is 1. The number of carbonyl (C=O) groups is 1. The summed E-state index contributed by atoms with van der Waals surface area (Å²) in [5.74, 6) is 0.632. The van der Waals surface area contributed by atoms with Crippen LogP contribution in [0.5, 0.6) is 0 Å². The van der Waals surface area contributed by atoms with E-state index in [0.29, 0.717) is 31.5 Å². The molecule has 0 spiro atoms. The molecule has 1 heterocycles. The van der Waals surface area contributed by atoms with E-state index < -0.39 is 0 Å². The van der Waals surface area contributed by atoms with Crippen LogP contribution in [0.15, 0.2) is 0 Å². The highest BCUT2D eigenvalue weighted by molar-refractivity contribution is 6.30. The second-order valence-corrected chi connectivity index (χ2v) is 5.62. The summed E-state index contributed by atoms with van der Waals surface area (Å²) in [4.78, 5) is 14.3. The second kappa shape index (κ2) is 6.05. The van der Waals surface area contributed by atoms with Gasteiger partial charge in [0.15, 0.2) is 0 Å². The lowest BCUT2D eigenvalue weighted by molar-refractivity contribution is -0.134. The Labute approximate surface area is 108 Å². The fourth-order valence-electron chi connectivity index (χ4n) is 2.98. The number of hydrogen-bond donors (Lipinski definition) is 0. The molecule has 1 aliphatic carbocycles. The van der Waals surface area contributed by atoms with Crippen LogP contribution in [-0.2, 0) is 9.53 Å². The molecule has 1 saturated heterocycles.